The fraction of sp³-hybridized carbons (Fsp3) is 0.217. The normalized spacial score (nSPS) is 15.3. The summed E-state index contributed by atoms with van der Waals surface area (Å²) in [7, 11) is 0. The van der Waals surface area contributed by atoms with Crippen LogP contribution in [0.4, 0.5) is 26.3 Å². The van der Waals surface area contributed by atoms with Gasteiger partial charge in [0.05, 0.1) is 11.1 Å². The van der Waals surface area contributed by atoms with Crippen LogP contribution >= 0.6 is 0 Å². The maximum absolute atomic E-state index is 13.1. The molecule has 0 atom stereocenters. The quantitative estimate of drug-likeness (QED) is 0.463. The molecule has 0 radical (unpaired) electrons. The van der Waals surface area contributed by atoms with E-state index >= 15 is 0 Å². The first-order valence-corrected chi connectivity index (χ1v) is 9.79. The predicted octanol–water partition coefficient (Wildman–Crippen LogP) is 5.31. The highest BCUT2D eigenvalue weighted by molar-refractivity contribution is 6.18. The van der Waals surface area contributed by atoms with Gasteiger partial charge in [0.25, 0.3) is 0 Å². The van der Waals surface area contributed by atoms with Gasteiger partial charge >= 0.3 is 12.4 Å². The second-order valence-electron chi connectivity index (χ2n) is 7.27. The number of nitrogens with zero attached hydrogens (tertiary/aromatic N) is 1. The second-order valence-corrected chi connectivity index (χ2v) is 7.27. The van der Waals surface area contributed by atoms with Gasteiger partial charge in [-0.2, -0.15) is 26.3 Å². The monoisotopic (exact) mass is 467 g/mol. The van der Waals surface area contributed by atoms with Gasteiger partial charge in [-0.25, -0.2) is 0 Å². The van der Waals surface area contributed by atoms with E-state index in [1.807, 2.05) is 0 Å². The third kappa shape index (κ3) is 6.24. The Morgan fingerprint density at radius 2 is 1.61 bits per heavy atom. The van der Waals surface area contributed by atoms with Gasteiger partial charge < -0.3 is 11.1 Å². The molecule has 0 aliphatic carbocycles. The number of allylic oxidation sites excluding steroid dienone is 1. The van der Waals surface area contributed by atoms with Crippen LogP contribution in [0.25, 0.3) is 5.57 Å². The average Bonchev–Trinajstić information content (AvgIpc) is 2.99. The number of aliphatic imine (C=N–C) groups is 1. The summed E-state index contributed by atoms with van der Waals surface area (Å²) in [6, 6.07) is 10.1. The molecule has 1 amide bonds. The van der Waals surface area contributed by atoms with Gasteiger partial charge in [0, 0.05) is 23.9 Å². The maximum Gasteiger partial charge on any atom is 0.416 e. The fourth-order valence-electron chi connectivity index (χ4n) is 3.24. The van der Waals surface area contributed by atoms with E-state index in [1.54, 1.807) is 36.4 Å². The molecule has 1 aliphatic rings. The van der Waals surface area contributed by atoms with Gasteiger partial charge in [-0.15, -0.1) is 0 Å². The third-order valence-corrected chi connectivity index (χ3v) is 4.90. The molecule has 3 N–H and O–H groups in total. The van der Waals surface area contributed by atoms with E-state index < -0.39 is 29.4 Å². The summed E-state index contributed by atoms with van der Waals surface area (Å²) in [5.41, 5.74) is 3.98. The summed E-state index contributed by atoms with van der Waals surface area (Å²) in [6.07, 6.45) is -6.12. The molecule has 1 aliphatic heterocycles. The molecule has 0 spiro atoms. The lowest BCUT2D eigenvalue weighted by molar-refractivity contribution is -0.143. The van der Waals surface area contributed by atoms with E-state index in [-0.39, 0.29) is 24.0 Å². The molecule has 0 fully saturated rings. The summed E-state index contributed by atoms with van der Waals surface area (Å²) >= 11 is 0. The van der Waals surface area contributed by atoms with Crippen molar-refractivity contribution >= 4 is 17.3 Å². The number of halogens is 6. The van der Waals surface area contributed by atoms with Gasteiger partial charge in [0.2, 0.25) is 5.91 Å². The molecule has 0 saturated carbocycles. The van der Waals surface area contributed by atoms with Crippen molar-refractivity contribution < 1.29 is 31.1 Å². The number of alkyl halides is 6. The molecule has 0 aromatic heterocycles. The first-order valence-electron chi connectivity index (χ1n) is 9.79. The number of hydrogen-bond acceptors (Lipinski definition) is 3. The zero-order valence-corrected chi connectivity index (χ0v) is 17.1. The minimum absolute atomic E-state index is 0.0712. The van der Waals surface area contributed by atoms with Crippen LogP contribution < -0.4 is 11.1 Å². The molecule has 174 valence electrons. The molecule has 0 unspecified atom stereocenters. The molecule has 2 aromatic carbocycles. The van der Waals surface area contributed by atoms with Crippen LogP contribution in [0, 0.1) is 0 Å². The molecule has 33 heavy (non-hydrogen) atoms. The number of nitrogens with one attached hydrogen (secondary N) is 1. The van der Waals surface area contributed by atoms with Crippen molar-refractivity contribution in [2.75, 3.05) is 6.54 Å². The van der Waals surface area contributed by atoms with E-state index in [0.717, 1.165) is 5.57 Å². The number of primary amides is 1. The Kier molecular flexibility index (Phi) is 6.95. The Balaban J connectivity index is 1.86. The molecule has 2 aromatic rings. The first kappa shape index (κ1) is 24.1. The lowest BCUT2D eigenvalue weighted by Gasteiger charge is -2.15. The number of amides is 1. The summed E-state index contributed by atoms with van der Waals surface area (Å²) < 4.78 is 78.9. The number of benzene rings is 2. The van der Waals surface area contributed by atoms with Gasteiger partial charge in [-0.1, -0.05) is 36.4 Å². The molecule has 0 bridgehead atoms. The Morgan fingerprint density at radius 3 is 2.15 bits per heavy atom. The van der Waals surface area contributed by atoms with E-state index in [2.05, 4.69) is 10.3 Å². The standard InChI is InChI=1S/C23H19F6N3O/c24-22(25,26)17-10-16(11-18(12-17)23(27,28)29)21-31-9-8-14(13-32-21)6-7-19(20(30)33)15-4-2-1-3-5-15/h1-5,7,10-13H,6,8-9H2,(H2,30,33)(H,31,32). The molecule has 3 rings (SSSR count). The molecule has 0 saturated heterocycles. The van der Waals surface area contributed by atoms with Crippen LogP contribution in [0.3, 0.4) is 0 Å². The smallest absolute Gasteiger partial charge is 0.366 e. The van der Waals surface area contributed by atoms with Crippen LogP contribution in [-0.2, 0) is 17.1 Å². The number of nitrogens with two attached hydrogens (primary N) is 1. The van der Waals surface area contributed by atoms with Gasteiger partial charge in [0.1, 0.15) is 5.84 Å². The highest BCUT2D eigenvalue weighted by Gasteiger charge is 2.37. The SMILES string of the molecule is NC(=O)C(=CCC1=CNC(c2cc(C(F)(F)F)cc(C(F)(F)F)c2)=NCC1)c1ccccc1. The predicted molar refractivity (Wildman–Crippen MR) is 112 cm³/mol. The first-order chi connectivity index (χ1) is 15.4. The number of rotatable bonds is 5. The largest absolute Gasteiger partial charge is 0.416 e. The van der Waals surface area contributed by atoms with Crippen molar-refractivity contribution in [1.29, 1.82) is 0 Å². The Hall–Kier alpha value is -3.56. The van der Waals surface area contributed by atoms with E-state index in [9.17, 15) is 31.1 Å². The minimum atomic E-state index is -4.95. The van der Waals surface area contributed by atoms with Gasteiger partial charge in [-0.3, -0.25) is 9.79 Å². The second kappa shape index (κ2) is 9.51. The summed E-state index contributed by atoms with van der Waals surface area (Å²) in [4.78, 5) is 15.9. The van der Waals surface area contributed by atoms with Crippen LogP contribution in [0.1, 0.15) is 35.1 Å². The van der Waals surface area contributed by atoms with Crippen molar-refractivity contribution in [3.8, 4) is 0 Å². The van der Waals surface area contributed by atoms with E-state index in [4.69, 9.17) is 5.73 Å². The van der Waals surface area contributed by atoms with Crippen molar-refractivity contribution in [3.63, 3.8) is 0 Å². The number of carbonyl (C=O) groups excluding carboxylic acids is 1. The number of hydrogen-bond donors (Lipinski definition) is 2. The van der Waals surface area contributed by atoms with Crippen molar-refractivity contribution in [2.24, 2.45) is 10.7 Å². The third-order valence-electron chi connectivity index (χ3n) is 4.90. The van der Waals surface area contributed by atoms with Crippen molar-refractivity contribution in [3.05, 3.63) is 88.6 Å². The van der Waals surface area contributed by atoms with E-state index in [0.29, 0.717) is 36.1 Å². The van der Waals surface area contributed by atoms with Crippen molar-refractivity contribution in [1.82, 2.24) is 5.32 Å². The lowest BCUT2D eigenvalue weighted by atomic mass is 10.0. The molecule has 4 nitrogen and oxygen atoms in total. The summed E-state index contributed by atoms with van der Waals surface area (Å²) in [5, 5.41) is 2.71. The maximum atomic E-state index is 13.1. The Morgan fingerprint density at radius 1 is 1.00 bits per heavy atom. The topological polar surface area (TPSA) is 67.5 Å². The lowest BCUT2D eigenvalue weighted by Crippen LogP contribution is -2.21. The molecular formula is C23H19F6N3O. The van der Waals surface area contributed by atoms with E-state index in [1.165, 1.54) is 6.20 Å². The molecule has 10 heteroatoms. The van der Waals surface area contributed by atoms with Gasteiger partial charge in [-0.05, 0) is 42.2 Å². The Labute approximate surface area is 185 Å². The fourth-order valence-corrected chi connectivity index (χ4v) is 3.24. The highest BCUT2D eigenvalue weighted by Crippen LogP contribution is 2.36. The zero-order valence-electron chi connectivity index (χ0n) is 17.1. The van der Waals surface area contributed by atoms with Crippen LogP contribution in [0.5, 0.6) is 0 Å². The van der Waals surface area contributed by atoms with Crippen molar-refractivity contribution in [2.45, 2.75) is 25.2 Å². The number of amidine groups is 1. The molecular weight excluding hydrogens is 448 g/mol. The number of carbonyl (C=O) groups is 1. The summed E-state index contributed by atoms with van der Waals surface area (Å²) in [5.74, 6) is -0.729. The van der Waals surface area contributed by atoms with Crippen LogP contribution in [-0.4, -0.2) is 18.3 Å². The highest BCUT2D eigenvalue weighted by atomic mass is 19.4. The summed E-state index contributed by atoms with van der Waals surface area (Å²) in [6.45, 7) is 0.136. The van der Waals surface area contributed by atoms with Crippen LogP contribution in [0.2, 0.25) is 0 Å². The van der Waals surface area contributed by atoms with Gasteiger partial charge in [0.15, 0.2) is 0 Å². The molecule has 1 heterocycles. The Bertz CT molecular complexity index is 1080. The zero-order chi connectivity index (χ0) is 24.2. The minimum Gasteiger partial charge on any atom is -0.366 e. The average molecular weight is 467 g/mol. The van der Waals surface area contributed by atoms with Crippen LogP contribution in [0.15, 0.2) is 71.4 Å².